The summed E-state index contributed by atoms with van der Waals surface area (Å²) in [5.41, 5.74) is 9.69. The number of hydrogen-bond donors (Lipinski definition) is 1. The Kier molecular flexibility index (Phi) is 4.45. The summed E-state index contributed by atoms with van der Waals surface area (Å²) < 4.78 is 0. The summed E-state index contributed by atoms with van der Waals surface area (Å²) >= 11 is 0. The lowest BCUT2D eigenvalue weighted by molar-refractivity contribution is -0.136. The van der Waals surface area contributed by atoms with Gasteiger partial charge in [0.05, 0.1) is 6.42 Å². The maximum atomic E-state index is 10.4. The predicted molar refractivity (Wildman–Crippen MR) is 58.4 cm³/mol. The molecule has 0 aliphatic rings. The van der Waals surface area contributed by atoms with Gasteiger partial charge in [0, 0.05) is 11.3 Å². The molecule has 5 heteroatoms. The molecule has 0 aliphatic heterocycles. The second-order valence-corrected chi connectivity index (χ2v) is 3.04. The number of benzene rings is 1. The fourth-order valence-electron chi connectivity index (χ4n) is 1.15. The third kappa shape index (κ3) is 4.18. The van der Waals surface area contributed by atoms with Gasteiger partial charge in [-0.1, -0.05) is 30.2 Å². The highest BCUT2D eigenvalue weighted by atomic mass is 16.4. The molecule has 0 aliphatic carbocycles. The van der Waals surface area contributed by atoms with Gasteiger partial charge in [-0.3, -0.25) is 4.79 Å². The van der Waals surface area contributed by atoms with E-state index in [0.717, 1.165) is 11.1 Å². The Hall–Kier alpha value is -2.44. The number of carboxylic acids is 1. The molecule has 0 aromatic heterocycles. The van der Waals surface area contributed by atoms with E-state index in [4.69, 9.17) is 10.6 Å². The van der Waals surface area contributed by atoms with Crippen molar-refractivity contribution in [3.05, 3.63) is 45.8 Å². The molecule has 80 valence electrons. The SMILES string of the molecule is [N-]=[N+]=NC#CCc1ccc(CC(=O)O)cc1. The molecule has 0 unspecified atom stereocenters. The van der Waals surface area contributed by atoms with E-state index in [9.17, 15) is 4.79 Å². The lowest BCUT2D eigenvalue weighted by Gasteiger charge is -1.98. The Morgan fingerprint density at radius 3 is 2.56 bits per heavy atom. The van der Waals surface area contributed by atoms with Crippen molar-refractivity contribution in [2.24, 2.45) is 5.11 Å². The van der Waals surface area contributed by atoms with E-state index in [1.165, 1.54) is 0 Å². The molecule has 16 heavy (non-hydrogen) atoms. The molecule has 0 heterocycles. The number of hydrogen-bond acceptors (Lipinski definition) is 2. The Bertz CT molecular complexity index is 476. The fraction of sp³-hybridized carbons (Fsp3) is 0.182. The second-order valence-electron chi connectivity index (χ2n) is 3.04. The van der Waals surface area contributed by atoms with Crippen LogP contribution in [0, 0.1) is 12.0 Å². The van der Waals surface area contributed by atoms with E-state index in [1.54, 1.807) is 12.1 Å². The molecular formula is C11H9N3O2. The fourth-order valence-corrected chi connectivity index (χ4v) is 1.15. The van der Waals surface area contributed by atoms with Gasteiger partial charge in [-0.2, -0.15) is 0 Å². The zero-order chi connectivity index (χ0) is 11.8. The van der Waals surface area contributed by atoms with Gasteiger partial charge in [0.25, 0.3) is 0 Å². The summed E-state index contributed by atoms with van der Waals surface area (Å²) in [6, 6.07) is 9.41. The van der Waals surface area contributed by atoms with Crippen molar-refractivity contribution < 1.29 is 9.90 Å². The van der Waals surface area contributed by atoms with Crippen LogP contribution in [-0.4, -0.2) is 11.1 Å². The molecule has 0 atom stereocenters. The second kappa shape index (κ2) is 6.12. The van der Waals surface area contributed by atoms with E-state index in [-0.39, 0.29) is 6.42 Å². The van der Waals surface area contributed by atoms with Gasteiger partial charge >= 0.3 is 5.97 Å². The summed E-state index contributed by atoms with van der Waals surface area (Å²) in [5, 5.41) is 11.7. The topological polar surface area (TPSA) is 86.1 Å². The molecule has 0 amide bonds. The monoisotopic (exact) mass is 215 g/mol. The van der Waals surface area contributed by atoms with Gasteiger partial charge in [0.1, 0.15) is 0 Å². The molecule has 1 rings (SSSR count). The summed E-state index contributed by atoms with van der Waals surface area (Å²) in [6.45, 7) is 0. The zero-order valence-electron chi connectivity index (χ0n) is 8.42. The van der Waals surface area contributed by atoms with E-state index < -0.39 is 5.97 Å². The molecule has 0 fully saturated rings. The molecule has 1 aromatic carbocycles. The first-order valence-electron chi connectivity index (χ1n) is 4.54. The van der Waals surface area contributed by atoms with Gasteiger partial charge < -0.3 is 5.11 Å². The van der Waals surface area contributed by atoms with Crippen molar-refractivity contribution in [1.82, 2.24) is 0 Å². The van der Waals surface area contributed by atoms with E-state index >= 15 is 0 Å². The van der Waals surface area contributed by atoms with Crippen molar-refractivity contribution >= 4 is 5.97 Å². The first-order chi connectivity index (χ1) is 7.72. The smallest absolute Gasteiger partial charge is 0.307 e. The molecule has 0 bridgehead atoms. The molecular weight excluding hydrogens is 206 g/mol. The minimum Gasteiger partial charge on any atom is -0.481 e. The van der Waals surface area contributed by atoms with Crippen LogP contribution in [0.2, 0.25) is 0 Å². The Morgan fingerprint density at radius 2 is 2.00 bits per heavy atom. The van der Waals surface area contributed by atoms with Crippen molar-refractivity contribution in [2.75, 3.05) is 0 Å². The maximum absolute atomic E-state index is 10.4. The van der Waals surface area contributed by atoms with Crippen LogP contribution in [0.4, 0.5) is 0 Å². The van der Waals surface area contributed by atoms with Crippen LogP contribution in [0.3, 0.4) is 0 Å². The first kappa shape index (κ1) is 11.6. The molecule has 0 saturated carbocycles. The molecule has 1 N–H and O–H groups in total. The molecule has 5 nitrogen and oxygen atoms in total. The van der Waals surface area contributed by atoms with Gasteiger partial charge in [-0.05, 0) is 27.8 Å². The average molecular weight is 215 g/mol. The predicted octanol–water partition coefficient (Wildman–Crippen LogP) is 2.13. The highest BCUT2D eigenvalue weighted by Crippen LogP contribution is 2.05. The maximum Gasteiger partial charge on any atom is 0.307 e. The van der Waals surface area contributed by atoms with Crippen LogP contribution in [0.25, 0.3) is 10.4 Å². The number of aliphatic carboxylic acids is 1. The number of carbonyl (C=O) groups is 1. The lowest BCUT2D eigenvalue weighted by atomic mass is 10.1. The quantitative estimate of drug-likeness (QED) is 0.362. The zero-order valence-corrected chi connectivity index (χ0v) is 8.42. The molecule has 0 radical (unpaired) electrons. The summed E-state index contributed by atoms with van der Waals surface area (Å²) in [6.07, 6.45) is 0.497. The minimum atomic E-state index is -0.851. The standard InChI is InChI=1S/C11H9N3O2/c12-14-13-7-1-2-9-3-5-10(6-4-9)8-11(15)16/h3-6H,2,8H2,(H,15,16). The summed E-state index contributed by atoms with van der Waals surface area (Å²) in [7, 11) is 0. The van der Waals surface area contributed by atoms with E-state index in [1.807, 2.05) is 12.1 Å². The molecule has 0 spiro atoms. The number of rotatable bonds is 3. The van der Waals surface area contributed by atoms with Crippen molar-refractivity contribution in [1.29, 1.82) is 0 Å². The third-order valence-electron chi connectivity index (χ3n) is 1.84. The summed E-state index contributed by atoms with van der Waals surface area (Å²) in [4.78, 5) is 12.9. The molecule has 1 aromatic rings. The van der Waals surface area contributed by atoms with Crippen LogP contribution >= 0.6 is 0 Å². The Labute approximate surface area is 92.3 Å². The highest BCUT2D eigenvalue weighted by Gasteiger charge is 1.99. The number of carboxylic acid groups (broad SMARTS) is 1. The van der Waals surface area contributed by atoms with Crippen molar-refractivity contribution in [2.45, 2.75) is 12.8 Å². The number of nitrogens with zero attached hydrogens (tertiary/aromatic N) is 3. The molecule has 0 saturated heterocycles. The van der Waals surface area contributed by atoms with Gasteiger partial charge in [0.15, 0.2) is 0 Å². The van der Waals surface area contributed by atoms with Gasteiger partial charge in [-0.25, -0.2) is 0 Å². The van der Waals surface area contributed by atoms with Crippen LogP contribution in [0.1, 0.15) is 11.1 Å². The van der Waals surface area contributed by atoms with Crippen molar-refractivity contribution in [3.8, 4) is 12.0 Å². The van der Waals surface area contributed by atoms with Crippen LogP contribution in [0.15, 0.2) is 29.4 Å². The van der Waals surface area contributed by atoms with Crippen LogP contribution in [0.5, 0.6) is 0 Å². The van der Waals surface area contributed by atoms with Gasteiger partial charge in [0.2, 0.25) is 0 Å². The van der Waals surface area contributed by atoms with Crippen LogP contribution < -0.4 is 0 Å². The largest absolute Gasteiger partial charge is 0.481 e. The van der Waals surface area contributed by atoms with E-state index in [0.29, 0.717) is 6.42 Å². The Morgan fingerprint density at radius 1 is 1.38 bits per heavy atom. The summed E-state index contributed by atoms with van der Waals surface area (Å²) in [5.74, 6) is 1.83. The number of azide groups is 1. The minimum absolute atomic E-state index is 0.0185. The van der Waals surface area contributed by atoms with Crippen molar-refractivity contribution in [3.63, 3.8) is 0 Å². The normalized spacial score (nSPS) is 8.50. The first-order valence-corrected chi connectivity index (χ1v) is 4.54. The average Bonchev–Trinajstić information content (AvgIpc) is 2.26. The van der Waals surface area contributed by atoms with Crippen LogP contribution in [-0.2, 0) is 17.6 Å². The van der Waals surface area contributed by atoms with E-state index in [2.05, 4.69) is 22.0 Å². The third-order valence-corrected chi connectivity index (χ3v) is 1.84. The Balaban J connectivity index is 2.62. The van der Waals surface area contributed by atoms with Gasteiger partial charge in [-0.15, -0.1) is 0 Å². The lowest BCUT2D eigenvalue weighted by Crippen LogP contribution is -1.99. The highest BCUT2D eigenvalue weighted by molar-refractivity contribution is 5.70.